The number of hydrogen-bond donors (Lipinski definition) is 1. The van der Waals surface area contributed by atoms with Gasteiger partial charge in [-0.3, -0.25) is 4.79 Å². The maximum atomic E-state index is 11.5. The van der Waals surface area contributed by atoms with Crippen molar-refractivity contribution < 1.29 is 14.3 Å². The van der Waals surface area contributed by atoms with E-state index >= 15 is 0 Å². The molecule has 0 saturated carbocycles. The van der Waals surface area contributed by atoms with Gasteiger partial charge >= 0.3 is 5.97 Å². The van der Waals surface area contributed by atoms with Crippen LogP contribution in [0.3, 0.4) is 0 Å². The van der Waals surface area contributed by atoms with Gasteiger partial charge in [0.1, 0.15) is 0 Å². The average Bonchev–Trinajstić information content (AvgIpc) is 2.32. The summed E-state index contributed by atoms with van der Waals surface area (Å²) >= 11 is 0. The second kappa shape index (κ2) is 6.79. The van der Waals surface area contributed by atoms with Gasteiger partial charge in [-0.15, -0.1) is 0 Å². The van der Waals surface area contributed by atoms with Crippen LogP contribution in [0.4, 0.5) is 5.69 Å². The Morgan fingerprint density at radius 3 is 2.56 bits per heavy atom. The molecule has 18 heavy (non-hydrogen) atoms. The lowest BCUT2D eigenvalue weighted by Crippen LogP contribution is -2.12. The normalized spacial score (nSPS) is 9.94. The summed E-state index contributed by atoms with van der Waals surface area (Å²) in [6.45, 7) is 5.93. The van der Waals surface area contributed by atoms with Crippen LogP contribution in [0.1, 0.15) is 42.6 Å². The van der Waals surface area contributed by atoms with Crippen LogP contribution in [0, 0.1) is 6.92 Å². The Kier molecular flexibility index (Phi) is 5.36. The number of benzene rings is 1. The molecule has 0 aliphatic rings. The Morgan fingerprint density at radius 2 is 2.00 bits per heavy atom. The van der Waals surface area contributed by atoms with Crippen LogP contribution in [0.2, 0.25) is 0 Å². The van der Waals surface area contributed by atoms with E-state index in [1.165, 1.54) is 0 Å². The fourth-order valence-electron chi connectivity index (χ4n) is 1.59. The molecule has 1 rings (SSSR count). The first-order valence-corrected chi connectivity index (χ1v) is 6.16. The zero-order chi connectivity index (χ0) is 13.5. The molecular weight excluding hydrogens is 230 g/mol. The van der Waals surface area contributed by atoms with Crippen LogP contribution in [-0.2, 0) is 9.53 Å². The second-order valence-corrected chi connectivity index (χ2v) is 4.05. The van der Waals surface area contributed by atoms with E-state index in [4.69, 9.17) is 4.74 Å². The van der Waals surface area contributed by atoms with Crippen molar-refractivity contribution in [3.8, 4) is 0 Å². The van der Waals surface area contributed by atoms with Crippen LogP contribution in [0.5, 0.6) is 0 Å². The highest BCUT2D eigenvalue weighted by Gasteiger charge is 2.09. The molecule has 0 bridgehead atoms. The molecule has 4 heteroatoms. The van der Waals surface area contributed by atoms with Crippen molar-refractivity contribution in [3.63, 3.8) is 0 Å². The number of nitrogens with one attached hydrogen (secondary N) is 1. The first-order valence-electron chi connectivity index (χ1n) is 6.16. The van der Waals surface area contributed by atoms with E-state index in [0.717, 1.165) is 17.7 Å². The van der Waals surface area contributed by atoms with E-state index in [1.54, 1.807) is 25.1 Å². The summed E-state index contributed by atoms with van der Waals surface area (Å²) in [5.41, 5.74) is 2.09. The zero-order valence-electron chi connectivity index (χ0n) is 11.1. The number of ether oxygens (including phenoxy) is 1. The topological polar surface area (TPSA) is 55.4 Å². The summed E-state index contributed by atoms with van der Waals surface area (Å²) < 4.78 is 4.92. The maximum Gasteiger partial charge on any atom is 0.338 e. The Hall–Kier alpha value is -1.84. The van der Waals surface area contributed by atoms with Gasteiger partial charge in [0.2, 0.25) is 5.91 Å². The summed E-state index contributed by atoms with van der Waals surface area (Å²) in [6.07, 6.45) is 1.31. The predicted octanol–water partition coefficient (Wildman–Crippen LogP) is 2.91. The molecule has 0 aliphatic carbocycles. The molecule has 1 aromatic rings. The van der Waals surface area contributed by atoms with Gasteiger partial charge < -0.3 is 10.1 Å². The third-order valence-electron chi connectivity index (χ3n) is 2.49. The van der Waals surface area contributed by atoms with Crippen molar-refractivity contribution in [3.05, 3.63) is 29.3 Å². The molecule has 0 aromatic heterocycles. The number of carbonyl (C=O) groups excluding carboxylic acids is 2. The highest BCUT2D eigenvalue weighted by atomic mass is 16.5. The summed E-state index contributed by atoms with van der Waals surface area (Å²) in [4.78, 5) is 23.0. The first kappa shape index (κ1) is 14.2. The minimum absolute atomic E-state index is 0.00974. The van der Waals surface area contributed by atoms with E-state index < -0.39 is 0 Å². The highest BCUT2D eigenvalue weighted by molar-refractivity contribution is 5.94. The number of rotatable bonds is 5. The molecule has 0 saturated heterocycles. The molecular formula is C14H19NO3. The monoisotopic (exact) mass is 249 g/mol. The summed E-state index contributed by atoms with van der Waals surface area (Å²) in [6, 6.07) is 5.11. The molecule has 0 heterocycles. The molecule has 0 unspecified atom stereocenters. The molecule has 0 fully saturated rings. The summed E-state index contributed by atoms with van der Waals surface area (Å²) in [7, 11) is 0. The van der Waals surface area contributed by atoms with Gasteiger partial charge in [0.25, 0.3) is 0 Å². The minimum Gasteiger partial charge on any atom is -0.462 e. The highest BCUT2D eigenvalue weighted by Crippen LogP contribution is 2.17. The van der Waals surface area contributed by atoms with E-state index in [9.17, 15) is 9.59 Å². The van der Waals surface area contributed by atoms with E-state index in [1.807, 2.05) is 13.8 Å². The fraction of sp³-hybridized carbons (Fsp3) is 0.429. The lowest BCUT2D eigenvalue weighted by atomic mass is 10.1. The number of hydrogen-bond acceptors (Lipinski definition) is 3. The van der Waals surface area contributed by atoms with Gasteiger partial charge in [-0.25, -0.2) is 4.79 Å². The van der Waals surface area contributed by atoms with Crippen molar-refractivity contribution in [2.24, 2.45) is 0 Å². The van der Waals surface area contributed by atoms with E-state index in [-0.39, 0.29) is 11.9 Å². The molecule has 1 amide bonds. The van der Waals surface area contributed by atoms with Gasteiger partial charge in [-0.2, -0.15) is 0 Å². The van der Waals surface area contributed by atoms with Crippen molar-refractivity contribution >= 4 is 17.6 Å². The molecule has 0 atom stereocenters. The summed E-state index contributed by atoms with van der Waals surface area (Å²) in [5, 5.41) is 2.82. The number of aryl methyl sites for hydroxylation is 1. The fourth-order valence-corrected chi connectivity index (χ4v) is 1.59. The number of carbonyl (C=O) groups is 2. The first-order chi connectivity index (χ1) is 8.58. The standard InChI is InChI=1S/C14H19NO3/c1-4-6-13(16)15-12-8-7-11(9-10(12)3)14(17)18-5-2/h7-9H,4-6H2,1-3H3,(H,15,16). The van der Waals surface area contributed by atoms with Crippen LogP contribution >= 0.6 is 0 Å². The third-order valence-corrected chi connectivity index (χ3v) is 2.49. The van der Waals surface area contributed by atoms with Crippen molar-refractivity contribution in [1.29, 1.82) is 0 Å². The largest absolute Gasteiger partial charge is 0.462 e. The van der Waals surface area contributed by atoms with Crippen LogP contribution in [0.15, 0.2) is 18.2 Å². The van der Waals surface area contributed by atoms with Crippen molar-refractivity contribution in [2.45, 2.75) is 33.6 Å². The lowest BCUT2D eigenvalue weighted by molar-refractivity contribution is -0.116. The molecule has 1 N–H and O–H groups in total. The van der Waals surface area contributed by atoms with Crippen molar-refractivity contribution in [1.82, 2.24) is 0 Å². The molecule has 1 aromatic carbocycles. The van der Waals surface area contributed by atoms with Gasteiger partial charge in [-0.05, 0) is 44.0 Å². The second-order valence-electron chi connectivity index (χ2n) is 4.05. The Morgan fingerprint density at radius 1 is 1.28 bits per heavy atom. The van der Waals surface area contributed by atoms with Gasteiger partial charge in [0.05, 0.1) is 12.2 Å². The van der Waals surface area contributed by atoms with Crippen molar-refractivity contribution in [2.75, 3.05) is 11.9 Å². The Labute approximate surface area is 107 Å². The van der Waals surface area contributed by atoms with Gasteiger partial charge in [0.15, 0.2) is 0 Å². The van der Waals surface area contributed by atoms with Crippen LogP contribution in [0.25, 0.3) is 0 Å². The van der Waals surface area contributed by atoms with Gasteiger partial charge in [-0.1, -0.05) is 6.92 Å². The SMILES string of the molecule is CCCC(=O)Nc1ccc(C(=O)OCC)cc1C. The maximum absolute atomic E-state index is 11.5. The molecule has 4 nitrogen and oxygen atoms in total. The Balaban J connectivity index is 2.79. The number of anilines is 1. The van der Waals surface area contributed by atoms with Crippen LogP contribution < -0.4 is 5.32 Å². The predicted molar refractivity (Wildman–Crippen MR) is 70.7 cm³/mol. The van der Waals surface area contributed by atoms with Gasteiger partial charge in [0, 0.05) is 12.1 Å². The number of esters is 1. The zero-order valence-corrected chi connectivity index (χ0v) is 11.1. The third kappa shape index (κ3) is 3.87. The molecule has 0 spiro atoms. The smallest absolute Gasteiger partial charge is 0.338 e. The summed E-state index contributed by atoms with van der Waals surface area (Å²) in [5.74, 6) is -0.350. The number of amides is 1. The average molecular weight is 249 g/mol. The molecule has 98 valence electrons. The van der Waals surface area contributed by atoms with E-state index in [2.05, 4.69) is 5.32 Å². The van der Waals surface area contributed by atoms with Crippen LogP contribution in [-0.4, -0.2) is 18.5 Å². The Bertz CT molecular complexity index is 441. The molecule has 0 aliphatic heterocycles. The quantitative estimate of drug-likeness (QED) is 0.816. The minimum atomic E-state index is -0.341. The van der Waals surface area contributed by atoms with E-state index in [0.29, 0.717) is 18.6 Å². The molecule has 0 radical (unpaired) electrons. The lowest BCUT2D eigenvalue weighted by Gasteiger charge is -2.09.